The summed E-state index contributed by atoms with van der Waals surface area (Å²) in [4.78, 5) is 14.1. The molecule has 6 heteroatoms. The highest BCUT2D eigenvalue weighted by Gasteiger charge is 2.32. The van der Waals surface area contributed by atoms with Crippen LogP contribution in [0.3, 0.4) is 0 Å². The Balaban J connectivity index is 1.72. The molecular weight excluding hydrogens is 273 g/mol. The van der Waals surface area contributed by atoms with Crippen LogP contribution in [0.5, 0.6) is 0 Å². The zero-order valence-corrected chi connectivity index (χ0v) is 11.7. The molecule has 21 heavy (non-hydrogen) atoms. The number of nitrogens with zero attached hydrogens (tertiary/aromatic N) is 2. The fraction of sp³-hybridized carbons (Fsp3) is 0.333. The van der Waals surface area contributed by atoms with Gasteiger partial charge < -0.3 is 14.7 Å². The van der Waals surface area contributed by atoms with E-state index in [0.29, 0.717) is 18.0 Å². The van der Waals surface area contributed by atoms with Gasteiger partial charge in [0.05, 0.1) is 11.7 Å². The topological polar surface area (TPSA) is 58.4 Å². The molecule has 1 aliphatic heterocycles. The van der Waals surface area contributed by atoms with Gasteiger partial charge >= 0.3 is 6.03 Å². The van der Waals surface area contributed by atoms with Crippen LogP contribution in [-0.4, -0.2) is 22.6 Å². The zero-order valence-electron chi connectivity index (χ0n) is 11.7. The zero-order chi connectivity index (χ0) is 14.8. The molecule has 2 heterocycles. The fourth-order valence-corrected chi connectivity index (χ4v) is 2.57. The second-order valence-corrected chi connectivity index (χ2v) is 5.16. The van der Waals surface area contributed by atoms with Crippen molar-refractivity contribution in [1.82, 2.24) is 10.1 Å². The Morgan fingerprint density at radius 2 is 2.19 bits per heavy atom. The van der Waals surface area contributed by atoms with Crippen molar-refractivity contribution in [3.8, 4) is 0 Å². The summed E-state index contributed by atoms with van der Waals surface area (Å²) in [5.41, 5.74) is 1.37. The molecule has 1 aromatic heterocycles. The van der Waals surface area contributed by atoms with E-state index < -0.39 is 0 Å². The van der Waals surface area contributed by atoms with E-state index in [0.717, 1.165) is 18.5 Å². The summed E-state index contributed by atoms with van der Waals surface area (Å²) in [6.45, 7) is 2.52. The number of anilines is 1. The SMILES string of the molecule is Cc1cc([C@H]2CCCN2C(=O)Nc2ccc(F)cc2)on1. The number of hydrogen-bond donors (Lipinski definition) is 1. The molecule has 1 N–H and O–H groups in total. The highest BCUT2D eigenvalue weighted by atomic mass is 19.1. The first-order valence-electron chi connectivity index (χ1n) is 6.90. The van der Waals surface area contributed by atoms with Crippen LogP contribution >= 0.6 is 0 Å². The fourth-order valence-electron chi connectivity index (χ4n) is 2.57. The lowest BCUT2D eigenvalue weighted by atomic mass is 10.1. The first kappa shape index (κ1) is 13.6. The average Bonchev–Trinajstić information content (AvgIpc) is 3.09. The number of carbonyl (C=O) groups is 1. The van der Waals surface area contributed by atoms with Crippen molar-refractivity contribution in [2.24, 2.45) is 0 Å². The van der Waals surface area contributed by atoms with Crippen molar-refractivity contribution in [2.45, 2.75) is 25.8 Å². The molecule has 2 aromatic rings. The summed E-state index contributed by atoms with van der Waals surface area (Å²) >= 11 is 0. The van der Waals surface area contributed by atoms with E-state index >= 15 is 0 Å². The summed E-state index contributed by atoms with van der Waals surface area (Å²) in [5, 5.41) is 6.65. The Morgan fingerprint density at radius 3 is 2.86 bits per heavy atom. The van der Waals surface area contributed by atoms with Gasteiger partial charge in [-0.15, -0.1) is 0 Å². The van der Waals surface area contributed by atoms with Crippen LogP contribution in [0.4, 0.5) is 14.9 Å². The van der Waals surface area contributed by atoms with E-state index in [-0.39, 0.29) is 17.9 Å². The van der Waals surface area contributed by atoms with Gasteiger partial charge in [0.1, 0.15) is 5.82 Å². The Kier molecular flexibility index (Phi) is 3.60. The second-order valence-electron chi connectivity index (χ2n) is 5.16. The molecule has 1 atom stereocenters. The first-order chi connectivity index (χ1) is 10.1. The van der Waals surface area contributed by atoms with Crippen LogP contribution in [0, 0.1) is 12.7 Å². The summed E-state index contributed by atoms with van der Waals surface area (Å²) in [6.07, 6.45) is 1.77. The number of aromatic nitrogens is 1. The van der Waals surface area contributed by atoms with Gasteiger partial charge in [-0.05, 0) is 44.0 Å². The van der Waals surface area contributed by atoms with Crippen molar-refractivity contribution >= 4 is 11.7 Å². The van der Waals surface area contributed by atoms with E-state index in [2.05, 4.69) is 10.5 Å². The van der Waals surface area contributed by atoms with Gasteiger partial charge in [0.25, 0.3) is 0 Å². The predicted molar refractivity (Wildman–Crippen MR) is 75.3 cm³/mol. The lowest BCUT2D eigenvalue weighted by molar-refractivity contribution is 0.195. The van der Waals surface area contributed by atoms with Gasteiger partial charge in [0.15, 0.2) is 5.76 Å². The van der Waals surface area contributed by atoms with E-state index in [1.807, 2.05) is 13.0 Å². The standard InChI is InChI=1S/C15H16FN3O2/c1-10-9-14(21-18-10)13-3-2-8-19(13)15(20)17-12-6-4-11(16)5-7-12/h4-7,9,13H,2-3,8H2,1H3,(H,17,20)/t13-/m1/s1. The summed E-state index contributed by atoms with van der Waals surface area (Å²) in [5.74, 6) is 0.378. The number of aryl methyl sites for hydroxylation is 1. The van der Waals surface area contributed by atoms with Crippen LogP contribution in [0.25, 0.3) is 0 Å². The number of halogens is 1. The second kappa shape index (κ2) is 5.55. The number of hydrogen-bond acceptors (Lipinski definition) is 3. The smallest absolute Gasteiger partial charge is 0.322 e. The van der Waals surface area contributed by atoms with Crippen LogP contribution < -0.4 is 5.32 Å². The molecule has 1 fully saturated rings. The molecule has 0 spiro atoms. The number of urea groups is 1. The average molecular weight is 289 g/mol. The molecule has 2 amide bonds. The maximum Gasteiger partial charge on any atom is 0.322 e. The maximum atomic E-state index is 12.9. The van der Waals surface area contributed by atoms with Crippen LogP contribution in [0.2, 0.25) is 0 Å². The van der Waals surface area contributed by atoms with Gasteiger partial charge in [-0.1, -0.05) is 5.16 Å². The highest BCUT2D eigenvalue weighted by molar-refractivity contribution is 5.89. The Morgan fingerprint density at radius 1 is 1.43 bits per heavy atom. The van der Waals surface area contributed by atoms with Crippen LogP contribution in [-0.2, 0) is 0 Å². The van der Waals surface area contributed by atoms with Crippen molar-refractivity contribution in [3.63, 3.8) is 0 Å². The van der Waals surface area contributed by atoms with Gasteiger partial charge in [0, 0.05) is 18.3 Å². The molecular formula is C15H16FN3O2. The molecule has 0 bridgehead atoms. The maximum absolute atomic E-state index is 12.9. The molecule has 0 saturated carbocycles. The molecule has 0 aliphatic carbocycles. The molecule has 0 radical (unpaired) electrons. The Bertz CT molecular complexity index is 639. The van der Waals surface area contributed by atoms with Gasteiger partial charge in [0.2, 0.25) is 0 Å². The number of carbonyl (C=O) groups excluding carboxylic acids is 1. The number of nitrogens with one attached hydrogen (secondary N) is 1. The molecule has 3 rings (SSSR count). The van der Waals surface area contributed by atoms with Gasteiger partial charge in [-0.2, -0.15) is 0 Å². The molecule has 1 aromatic carbocycles. The van der Waals surface area contributed by atoms with Crippen LogP contribution in [0.1, 0.15) is 30.3 Å². The Hall–Kier alpha value is -2.37. The lowest BCUT2D eigenvalue weighted by Gasteiger charge is -2.23. The molecule has 110 valence electrons. The molecule has 1 aliphatic rings. The summed E-state index contributed by atoms with van der Waals surface area (Å²) < 4.78 is 18.1. The molecule has 0 unspecified atom stereocenters. The van der Waals surface area contributed by atoms with Gasteiger partial charge in [-0.25, -0.2) is 9.18 Å². The first-order valence-corrected chi connectivity index (χ1v) is 6.90. The highest BCUT2D eigenvalue weighted by Crippen LogP contribution is 2.32. The van der Waals surface area contributed by atoms with Crippen molar-refractivity contribution in [1.29, 1.82) is 0 Å². The third kappa shape index (κ3) is 2.89. The molecule has 1 saturated heterocycles. The number of rotatable bonds is 2. The minimum absolute atomic E-state index is 0.0911. The predicted octanol–water partition coefficient (Wildman–Crippen LogP) is 3.49. The van der Waals surface area contributed by atoms with Gasteiger partial charge in [-0.3, -0.25) is 0 Å². The van der Waals surface area contributed by atoms with E-state index in [9.17, 15) is 9.18 Å². The monoisotopic (exact) mass is 289 g/mol. The summed E-state index contributed by atoms with van der Waals surface area (Å²) in [6, 6.07) is 7.26. The summed E-state index contributed by atoms with van der Waals surface area (Å²) in [7, 11) is 0. The van der Waals surface area contributed by atoms with E-state index in [1.54, 1.807) is 4.90 Å². The minimum Gasteiger partial charge on any atom is -0.359 e. The van der Waals surface area contributed by atoms with E-state index in [1.165, 1.54) is 24.3 Å². The molecule has 5 nitrogen and oxygen atoms in total. The van der Waals surface area contributed by atoms with E-state index in [4.69, 9.17) is 4.52 Å². The van der Waals surface area contributed by atoms with Crippen molar-refractivity contribution in [2.75, 3.05) is 11.9 Å². The lowest BCUT2D eigenvalue weighted by Crippen LogP contribution is -2.34. The largest absolute Gasteiger partial charge is 0.359 e. The third-order valence-electron chi connectivity index (χ3n) is 3.58. The number of likely N-dealkylation sites (tertiary alicyclic amines) is 1. The minimum atomic E-state index is -0.329. The Labute approximate surface area is 121 Å². The third-order valence-corrected chi connectivity index (χ3v) is 3.58. The van der Waals surface area contributed by atoms with Crippen molar-refractivity contribution < 1.29 is 13.7 Å². The number of benzene rings is 1. The van der Waals surface area contributed by atoms with Crippen molar-refractivity contribution in [3.05, 3.63) is 47.6 Å². The quantitative estimate of drug-likeness (QED) is 0.920. The van der Waals surface area contributed by atoms with Crippen LogP contribution in [0.15, 0.2) is 34.9 Å². The normalized spacial score (nSPS) is 18.0. The number of amides is 2.